The van der Waals surface area contributed by atoms with Crippen molar-refractivity contribution >= 4 is 16.7 Å². The van der Waals surface area contributed by atoms with Crippen LogP contribution >= 0.6 is 0 Å². The van der Waals surface area contributed by atoms with E-state index in [-0.39, 0.29) is 13.1 Å². The lowest BCUT2D eigenvalue weighted by atomic mass is 9.94. The Labute approximate surface area is 205 Å². The van der Waals surface area contributed by atoms with Gasteiger partial charge in [0, 0.05) is 6.20 Å². The van der Waals surface area contributed by atoms with E-state index in [2.05, 4.69) is 53.4 Å². The monoisotopic (exact) mass is 469 g/mol. The molecule has 3 aromatic heterocycles. The minimum absolute atomic E-state index is 0. The van der Waals surface area contributed by atoms with Gasteiger partial charge in [0.25, 0.3) is 0 Å². The molecule has 0 amide bonds. The number of pyridine rings is 1. The third-order valence-electron chi connectivity index (χ3n) is 6.35. The van der Waals surface area contributed by atoms with Crippen LogP contribution in [0.1, 0.15) is 49.8 Å². The summed E-state index contributed by atoms with van der Waals surface area (Å²) >= 11 is 0. The van der Waals surface area contributed by atoms with E-state index in [9.17, 15) is 4.79 Å². The van der Waals surface area contributed by atoms with Crippen LogP contribution in [0.3, 0.4) is 0 Å². The maximum atomic E-state index is 13.2. The van der Waals surface area contributed by atoms with Crippen LogP contribution in [0.15, 0.2) is 78.0 Å². The average Bonchev–Trinajstić information content (AvgIpc) is 3.38. The van der Waals surface area contributed by atoms with Gasteiger partial charge in [-0.1, -0.05) is 56.8 Å². The number of methoxy groups -OCH3 is 1. The van der Waals surface area contributed by atoms with Gasteiger partial charge in [0.1, 0.15) is 17.7 Å². The molecule has 2 aromatic carbocycles. The number of hydrogen-bond donors (Lipinski definition) is 0. The molecule has 180 valence electrons. The molecule has 0 fully saturated rings. The van der Waals surface area contributed by atoms with Crippen LogP contribution in [0.25, 0.3) is 16.7 Å². The fourth-order valence-corrected chi connectivity index (χ4v) is 4.40. The summed E-state index contributed by atoms with van der Waals surface area (Å²) < 4.78 is 8.25. The average molecular weight is 470 g/mol. The molecule has 7 nitrogen and oxygen atoms in total. The maximum absolute atomic E-state index is 13.2. The standard InChI is InChI=1S/C27H27N5O2.CH4/c1-19(22-9-4-3-5-10-22)7-6-8-21-15-24-25(28-16-21)31(27(33)32-26(24)29-18-30-32)17-20-11-13-23(34-2)14-12-20;/h3-5,9-16,18-19H,6-8,17H2,1-2H3;1H4. The first-order valence-electron chi connectivity index (χ1n) is 11.5. The van der Waals surface area contributed by atoms with E-state index in [1.807, 2.05) is 30.5 Å². The molecule has 0 spiro atoms. The Bertz CT molecular complexity index is 1470. The van der Waals surface area contributed by atoms with Crippen LogP contribution in [-0.4, -0.2) is 31.3 Å². The zero-order valence-electron chi connectivity index (χ0n) is 19.4. The van der Waals surface area contributed by atoms with Gasteiger partial charge in [-0.3, -0.25) is 4.57 Å². The summed E-state index contributed by atoms with van der Waals surface area (Å²) in [5.74, 6) is 1.28. The van der Waals surface area contributed by atoms with Crippen molar-refractivity contribution in [3.8, 4) is 5.75 Å². The van der Waals surface area contributed by atoms with E-state index < -0.39 is 0 Å². The minimum atomic E-state index is -0.257. The first-order chi connectivity index (χ1) is 16.6. The van der Waals surface area contributed by atoms with Crippen LogP contribution in [0.4, 0.5) is 0 Å². The molecule has 1 atom stereocenters. The van der Waals surface area contributed by atoms with Gasteiger partial charge < -0.3 is 4.74 Å². The molecule has 7 heteroatoms. The number of hydrogen-bond acceptors (Lipinski definition) is 5. The van der Waals surface area contributed by atoms with Crippen molar-refractivity contribution in [2.45, 2.75) is 46.1 Å². The molecular formula is C28H31N5O2. The van der Waals surface area contributed by atoms with Crippen molar-refractivity contribution in [1.29, 1.82) is 0 Å². The van der Waals surface area contributed by atoms with Crippen molar-refractivity contribution in [1.82, 2.24) is 24.1 Å². The number of aromatic nitrogens is 5. The number of ether oxygens (including phenoxy) is 1. The van der Waals surface area contributed by atoms with Crippen molar-refractivity contribution < 1.29 is 4.74 Å². The lowest BCUT2D eigenvalue weighted by molar-refractivity contribution is 0.414. The highest BCUT2D eigenvalue weighted by Crippen LogP contribution is 2.23. The predicted octanol–water partition coefficient (Wildman–Crippen LogP) is 5.26. The molecule has 0 aliphatic rings. The summed E-state index contributed by atoms with van der Waals surface area (Å²) in [4.78, 5) is 22.2. The number of fused-ring (bicyclic) bond motifs is 3. The Hall–Kier alpha value is -4.00. The zero-order valence-corrected chi connectivity index (χ0v) is 19.4. The van der Waals surface area contributed by atoms with E-state index in [0.29, 0.717) is 23.8 Å². The Kier molecular flexibility index (Phi) is 7.25. The van der Waals surface area contributed by atoms with Crippen LogP contribution in [0, 0.1) is 0 Å². The molecule has 0 aliphatic heterocycles. The Morgan fingerprint density at radius 3 is 2.49 bits per heavy atom. The number of aryl methyl sites for hydroxylation is 1. The second-order valence-corrected chi connectivity index (χ2v) is 8.63. The topological polar surface area (TPSA) is 74.3 Å². The normalized spacial score (nSPS) is 11.9. The highest BCUT2D eigenvalue weighted by Gasteiger charge is 2.15. The molecule has 1 unspecified atom stereocenters. The third kappa shape index (κ3) is 4.94. The van der Waals surface area contributed by atoms with Gasteiger partial charge in [-0.25, -0.2) is 14.8 Å². The molecule has 0 saturated carbocycles. The van der Waals surface area contributed by atoms with E-state index in [1.165, 1.54) is 16.4 Å². The number of benzene rings is 2. The fourth-order valence-electron chi connectivity index (χ4n) is 4.40. The Balaban J connectivity index is 0.00000289. The minimum Gasteiger partial charge on any atom is -0.497 e. The molecule has 0 bridgehead atoms. The van der Waals surface area contributed by atoms with Gasteiger partial charge in [0.2, 0.25) is 0 Å². The lowest BCUT2D eigenvalue weighted by Gasteiger charge is -2.13. The van der Waals surface area contributed by atoms with Crippen LogP contribution in [-0.2, 0) is 13.0 Å². The zero-order chi connectivity index (χ0) is 23.5. The van der Waals surface area contributed by atoms with Gasteiger partial charge in [0.05, 0.1) is 19.0 Å². The summed E-state index contributed by atoms with van der Waals surface area (Å²) in [6, 6.07) is 20.4. The molecule has 0 saturated heterocycles. The van der Waals surface area contributed by atoms with E-state index in [0.717, 1.165) is 41.5 Å². The van der Waals surface area contributed by atoms with Crippen molar-refractivity contribution in [2.75, 3.05) is 7.11 Å². The largest absolute Gasteiger partial charge is 0.497 e. The third-order valence-corrected chi connectivity index (χ3v) is 6.35. The van der Waals surface area contributed by atoms with Gasteiger partial charge in [0.15, 0.2) is 5.65 Å². The summed E-state index contributed by atoms with van der Waals surface area (Å²) in [5.41, 5.74) is 4.37. The van der Waals surface area contributed by atoms with Crippen molar-refractivity contribution in [2.24, 2.45) is 0 Å². The molecular weight excluding hydrogens is 438 g/mol. The van der Waals surface area contributed by atoms with Gasteiger partial charge in [-0.05, 0) is 60.1 Å². The van der Waals surface area contributed by atoms with E-state index >= 15 is 0 Å². The van der Waals surface area contributed by atoms with E-state index in [1.54, 1.807) is 11.7 Å². The van der Waals surface area contributed by atoms with E-state index in [4.69, 9.17) is 9.72 Å². The van der Waals surface area contributed by atoms with Crippen LogP contribution in [0.2, 0.25) is 0 Å². The Morgan fingerprint density at radius 2 is 1.74 bits per heavy atom. The summed E-state index contributed by atoms with van der Waals surface area (Å²) in [6.45, 7) is 2.65. The summed E-state index contributed by atoms with van der Waals surface area (Å²) in [7, 11) is 1.63. The Morgan fingerprint density at radius 1 is 0.971 bits per heavy atom. The van der Waals surface area contributed by atoms with Crippen molar-refractivity contribution in [3.05, 3.63) is 100 Å². The molecule has 0 N–H and O–H groups in total. The molecule has 5 rings (SSSR count). The van der Waals surface area contributed by atoms with Gasteiger partial charge >= 0.3 is 5.69 Å². The lowest BCUT2D eigenvalue weighted by Crippen LogP contribution is -2.29. The molecule has 35 heavy (non-hydrogen) atoms. The van der Waals surface area contributed by atoms with Gasteiger partial charge in [-0.15, -0.1) is 0 Å². The first kappa shape index (κ1) is 24.1. The summed E-state index contributed by atoms with van der Waals surface area (Å²) in [6.07, 6.45) is 6.36. The highest BCUT2D eigenvalue weighted by atomic mass is 16.5. The van der Waals surface area contributed by atoms with Gasteiger partial charge in [-0.2, -0.15) is 9.61 Å². The smallest absolute Gasteiger partial charge is 0.352 e. The maximum Gasteiger partial charge on any atom is 0.352 e. The predicted molar refractivity (Wildman–Crippen MR) is 139 cm³/mol. The van der Waals surface area contributed by atoms with Crippen molar-refractivity contribution in [3.63, 3.8) is 0 Å². The molecule has 3 heterocycles. The van der Waals surface area contributed by atoms with Crippen LogP contribution < -0.4 is 10.4 Å². The second-order valence-electron chi connectivity index (χ2n) is 8.63. The molecule has 0 aliphatic carbocycles. The van der Waals surface area contributed by atoms with Crippen LogP contribution in [0.5, 0.6) is 5.75 Å². The quantitative estimate of drug-likeness (QED) is 0.310. The molecule has 5 aromatic rings. The fraction of sp³-hybridized carbons (Fsp3) is 0.286. The number of nitrogens with zero attached hydrogens (tertiary/aromatic N) is 5. The molecule has 0 radical (unpaired) electrons. The SMILES string of the molecule is C.COc1ccc(Cn2c(=O)n3ncnc3c3cc(CCCC(C)c4ccccc4)cnc32)cc1. The first-order valence-corrected chi connectivity index (χ1v) is 11.5. The summed E-state index contributed by atoms with van der Waals surface area (Å²) in [5, 5.41) is 5.00. The second kappa shape index (κ2) is 10.5. The highest BCUT2D eigenvalue weighted by molar-refractivity contribution is 5.89. The number of rotatable bonds is 8.